The average Bonchev–Trinajstić information content (AvgIpc) is 3.30. The molecular formula is C26H36N2O3. The van der Waals surface area contributed by atoms with Crippen LogP contribution in [0, 0.1) is 0 Å². The molecule has 0 aromatic heterocycles. The van der Waals surface area contributed by atoms with Crippen molar-refractivity contribution in [1.29, 1.82) is 0 Å². The monoisotopic (exact) mass is 424 g/mol. The highest BCUT2D eigenvalue weighted by molar-refractivity contribution is 5.76. The molecule has 2 aromatic carbocycles. The standard InChI is InChI=1S/C26H36N2O3/c1-27(2)24-14-12-23(13-15-24)20-28(21-25-10-6-18-31-25)26(29)11-7-17-30-19-16-22-8-4-3-5-9-22/h3-5,8-9,12-15,25H,6-7,10-11,16-21H2,1-2H3. The van der Waals surface area contributed by atoms with E-state index in [1.807, 2.05) is 37.2 Å². The second-order valence-corrected chi connectivity index (χ2v) is 8.42. The maximum Gasteiger partial charge on any atom is 0.223 e. The van der Waals surface area contributed by atoms with Gasteiger partial charge in [0.15, 0.2) is 0 Å². The lowest BCUT2D eigenvalue weighted by Crippen LogP contribution is -2.37. The fraction of sp³-hybridized carbons (Fsp3) is 0.500. The largest absolute Gasteiger partial charge is 0.381 e. The summed E-state index contributed by atoms with van der Waals surface area (Å²) in [7, 11) is 4.06. The molecule has 0 bridgehead atoms. The van der Waals surface area contributed by atoms with Crippen LogP contribution in [-0.4, -0.2) is 57.4 Å². The van der Waals surface area contributed by atoms with Crippen LogP contribution in [0.25, 0.3) is 0 Å². The summed E-state index contributed by atoms with van der Waals surface area (Å²) in [5.41, 5.74) is 3.59. The summed E-state index contributed by atoms with van der Waals surface area (Å²) < 4.78 is 11.6. The molecule has 5 nitrogen and oxygen atoms in total. The van der Waals surface area contributed by atoms with Crippen LogP contribution < -0.4 is 4.90 Å². The van der Waals surface area contributed by atoms with Crippen molar-refractivity contribution < 1.29 is 14.3 Å². The Kier molecular flexibility index (Phi) is 9.38. The smallest absolute Gasteiger partial charge is 0.223 e. The molecule has 0 radical (unpaired) electrons. The third kappa shape index (κ3) is 8.00. The zero-order valence-electron chi connectivity index (χ0n) is 19.0. The lowest BCUT2D eigenvalue weighted by molar-refractivity contribution is -0.133. The van der Waals surface area contributed by atoms with E-state index in [2.05, 4.69) is 41.3 Å². The summed E-state index contributed by atoms with van der Waals surface area (Å²) in [5.74, 6) is 0.179. The Balaban J connectivity index is 1.45. The number of amides is 1. The van der Waals surface area contributed by atoms with Crippen molar-refractivity contribution >= 4 is 11.6 Å². The van der Waals surface area contributed by atoms with E-state index in [0.29, 0.717) is 32.7 Å². The normalized spacial score (nSPS) is 15.7. The average molecular weight is 425 g/mol. The number of carbonyl (C=O) groups is 1. The van der Waals surface area contributed by atoms with Crippen molar-refractivity contribution in [2.24, 2.45) is 0 Å². The molecule has 1 fully saturated rings. The Labute approximate surface area is 187 Å². The number of nitrogens with zero attached hydrogens (tertiary/aromatic N) is 2. The molecule has 2 aromatic rings. The van der Waals surface area contributed by atoms with Crippen LogP contribution in [0.3, 0.4) is 0 Å². The Hall–Kier alpha value is -2.37. The van der Waals surface area contributed by atoms with Gasteiger partial charge < -0.3 is 19.3 Å². The third-order valence-corrected chi connectivity index (χ3v) is 5.68. The Morgan fingerprint density at radius 2 is 1.81 bits per heavy atom. The van der Waals surface area contributed by atoms with Crippen molar-refractivity contribution in [2.75, 3.05) is 45.4 Å². The van der Waals surface area contributed by atoms with Crippen LogP contribution in [0.15, 0.2) is 54.6 Å². The summed E-state index contributed by atoms with van der Waals surface area (Å²) >= 11 is 0. The number of hydrogen-bond acceptors (Lipinski definition) is 4. The van der Waals surface area contributed by atoms with E-state index in [9.17, 15) is 4.79 Å². The Bertz CT molecular complexity index is 771. The highest BCUT2D eigenvalue weighted by Crippen LogP contribution is 2.18. The van der Waals surface area contributed by atoms with E-state index in [1.54, 1.807) is 0 Å². The molecule has 1 aliphatic heterocycles. The van der Waals surface area contributed by atoms with Crippen LogP contribution >= 0.6 is 0 Å². The molecule has 3 rings (SSSR count). The third-order valence-electron chi connectivity index (χ3n) is 5.68. The molecule has 1 unspecified atom stereocenters. The first-order valence-corrected chi connectivity index (χ1v) is 11.4. The predicted molar refractivity (Wildman–Crippen MR) is 125 cm³/mol. The summed E-state index contributed by atoms with van der Waals surface area (Å²) in [6.07, 6.45) is 4.43. The van der Waals surface area contributed by atoms with Crippen molar-refractivity contribution in [3.05, 3.63) is 65.7 Å². The van der Waals surface area contributed by atoms with Gasteiger partial charge in [0.25, 0.3) is 0 Å². The van der Waals surface area contributed by atoms with Gasteiger partial charge in [0.1, 0.15) is 0 Å². The Morgan fingerprint density at radius 3 is 2.48 bits per heavy atom. The van der Waals surface area contributed by atoms with E-state index in [4.69, 9.17) is 9.47 Å². The molecule has 1 aliphatic rings. The fourth-order valence-corrected chi connectivity index (χ4v) is 3.83. The van der Waals surface area contributed by atoms with Gasteiger partial charge in [-0.05, 0) is 48.9 Å². The molecule has 31 heavy (non-hydrogen) atoms. The number of anilines is 1. The minimum absolute atomic E-state index is 0.159. The van der Waals surface area contributed by atoms with Gasteiger partial charge in [-0.3, -0.25) is 4.79 Å². The van der Waals surface area contributed by atoms with Gasteiger partial charge in [-0.2, -0.15) is 0 Å². The fourth-order valence-electron chi connectivity index (χ4n) is 3.83. The van der Waals surface area contributed by atoms with Gasteiger partial charge in [0.2, 0.25) is 5.91 Å². The van der Waals surface area contributed by atoms with Crippen LogP contribution in [0.4, 0.5) is 5.69 Å². The molecule has 5 heteroatoms. The van der Waals surface area contributed by atoms with E-state index in [-0.39, 0.29) is 12.0 Å². The van der Waals surface area contributed by atoms with Gasteiger partial charge in [0.05, 0.1) is 12.7 Å². The highest BCUT2D eigenvalue weighted by atomic mass is 16.5. The summed E-state index contributed by atoms with van der Waals surface area (Å²) in [6.45, 7) is 3.41. The van der Waals surface area contributed by atoms with Gasteiger partial charge in [-0.15, -0.1) is 0 Å². The van der Waals surface area contributed by atoms with Crippen LogP contribution in [0.5, 0.6) is 0 Å². The Morgan fingerprint density at radius 1 is 1.03 bits per heavy atom. The molecule has 0 N–H and O–H groups in total. The predicted octanol–water partition coefficient (Wildman–Crippen LogP) is 4.30. The number of rotatable bonds is 12. The molecule has 1 atom stereocenters. The van der Waals surface area contributed by atoms with E-state index in [1.165, 1.54) is 5.56 Å². The number of benzene rings is 2. The highest BCUT2D eigenvalue weighted by Gasteiger charge is 2.22. The second-order valence-electron chi connectivity index (χ2n) is 8.42. The van der Waals surface area contributed by atoms with Crippen LogP contribution in [0.1, 0.15) is 36.8 Å². The molecule has 168 valence electrons. The summed E-state index contributed by atoms with van der Waals surface area (Å²) in [4.78, 5) is 17.0. The van der Waals surface area contributed by atoms with E-state index < -0.39 is 0 Å². The van der Waals surface area contributed by atoms with Crippen molar-refractivity contribution in [3.63, 3.8) is 0 Å². The van der Waals surface area contributed by atoms with Crippen LogP contribution in [0.2, 0.25) is 0 Å². The lowest BCUT2D eigenvalue weighted by atomic mass is 10.1. The first-order chi connectivity index (χ1) is 15.1. The van der Waals surface area contributed by atoms with Crippen molar-refractivity contribution in [2.45, 2.75) is 44.8 Å². The van der Waals surface area contributed by atoms with Crippen LogP contribution in [-0.2, 0) is 27.2 Å². The number of ether oxygens (including phenoxy) is 2. The first-order valence-electron chi connectivity index (χ1n) is 11.4. The molecule has 1 amide bonds. The molecule has 0 saturated carbocycles. The van der Waals surface area contributed by atoms with Crippen molar-refractivity contribution in [3.8, 4) is 0 Å². The zero-order valence-corrected chi connectivity index (χ0v) is 19.0. The maximum absolute atomic E-state index is 13.0. The number of hydrogen-bond donors (Lipinski definition) is 0. The summed E-state index contributed by atoms with van der Waals surface area (Å²) in [6, 6.07) is 18.8. The quantitative estimate of drug-likeness (QED) is 0.477. The van der Waals surface area contributed by atoms with Gasteiger partial charge >= 0.3 is 0 Å². The molecule has 1 saturated heterocycles. The second kappa shape index (κ2) is 12.5. The number of carbonyl (C=O) groups excluding carboxylic acids is 1. The molecule has 0 aliphatic carbocycles. The summed E-state index contributed by atoms with van der Waals surface area (Å²) in [5, 5.41) is 0. The lowest BCUT2D eigenvalue weighted by Gasteiger charge is -2.26. The zero-order chi connectivity index (χ0) is 21.9. The minimum Gasteiger partial charge on any atom is -0.381 e. The minimum atomic E-state index is 0.159. The molecular weight excluding hydrogens is 388 g/mol. The van der Waals surface area contributed by atoms with Gasteiger partial charge in [-0.25, -0.2) is 0 Å². The molecule has 1 heterocycles. The van der Waals surface area contributed by atoms with Gasteiger partial charge in [-0.1, -0.05) is 42.5 Å². The van der Waals surface area contributed by atoms with Gasteiger partial charge in [0, 0.05) is 52.5 Å². The van der Waals surface area contributed by atoms with E-state index in [0.717, 1.165) is 43.5 Å². The first kappa shape index (κ1) is 23.3. The van der Waals surface area contributed by atoms with Crippen molar-refractivity contribution in [1.82, 2.24) is 4.90 Å². The SMILES string of the molecule is CN(C)c1ccc(CN(CC2CCCO2)C(=O)CCCOCCc2ccccc2)cc1. The maximum atomic E-state index is 13.0. The van der Waals surface area contributed by atoms with E-state index >= 15 is 0 Å². The topological polar surface area (TPSA) is 42.0 Å². The molecule has 0 spiro atoms.